The van der Waals surface area contributed by atoms with Crippen LogP contribution in [0.15, 0.2) is 24.4 Å². The van der Waals surface area contributed by atoms with E-state index in [1.165, 1.54) is 0 Å². The van der Waals surface area contributed by atoms with Gasteiger partial charge >= 0.3 is 0 Å². The summed E-state index contributed by atoms with van der Waals surface area (Å²) < 4.78 is 0. The Bertz CT molecular complexity index is 238. The molecule has 0 spiro atoms. The van der Waals surface area contributed by atoms with E-state index in [9.17, 15) is 5.11 Å². The van der Waals surface area contributed by atoms with E-state index in [-0.39, 0.29) is 12.0 Å². The molecule has 1 heterocycles. The summed E-state index contributed by atoms with van der Waals surface area (Å²) in [6, 6.07) is 5.67. The van der Waals surface area contributed by atoms with E-state index in [0.717, 1.165) is 5.69 Å². The largest absolute Gasteiger partial charge is 0.392 e. The van der Waals surface area contributed by atoms with Gasteiger partial charge in [0.15, 0.2) is 0 Å². The normalized spacial score (nSPS) is 15.3. The van der Waals surface area contributed by atoms with Gasteiger partial charge in [0, 0.05) is 24.4 Å². The van der Waals surface area contributed by atoms with Crippen molar-refractivity contribution < 1.29 is 5.11 Å². The van der Waals surface area contributed by atoms with Crippen molar-refractivity contribution in [1.29, 1.82) is 0 Å². The van der Waals surface area contributed by atoms with Gasteiger partial charge in [0.05, 0.1) is 6.10 Å². The van der Waals surface area contributed by atoms with Gasteiger partial charge in [0.2, 0.25) is 0 Å². The highest BCUT2D eigenvalue weighted by atomic mass is 16.3. The van der Waals surface area contributed by atoms with Crippen LogP contribution in [0.1, 0.15) is 25.0 Å². The molecule has 0 saturated heterocycles. The molecule has 3 heteroatoms. The van der Waals surface area contributed by atoms with Gasteiger partial charge in [-0.1, -0.05) is 13.0 Å². The molecule has 3 N–H and O–H groups in total. The SMILES string of the molecule is CCC(O)C(CN)c1ccccn1. The molecule has 0 aliphatic heterocycles. The van der Waals surface area contributed by atoms with E-state index < -0.39 is 0 Å². The fourth-order valence-electron chi connectivity index (χ4n) is 1.35. The molecule has 13 heavy (non-hydrogen) atoms. The molecule has 0 aliphatic carbocycles. The number of aliphatic hydroxyl groups is 1. The predicted octanol–water partition coefficient (Wildman–Crippen LogP) is 0.895. The number of nitrogens with two attached hydrogens (primary N) is 1. The molecular formula is C10H16N2O. The number of nitrogens with zero attached hydrogens (tertiary/aromatic N) is 1. The van der Waals surface area contributed by atoms with Crippen molar-refractivity contribution in [1.82, 2.24) is 4.98 Å². The predicted molar refractivity (Wildman–Crippen MR) is 52.3 cm³/mol. The highest BCUT2D eigenvalue weighted by molar-refractivity contribution is 5.11. The molecule has 0 radical (unpaired) electrons. The highest BCUT2D eigenvalue weighted by Gasteiger charge is 2.18. The molecule has 0 saturated carbocycles. The van der Waals surface area contributed by atoms with Crippen LogP contribution in [0.3, 0.4) is 0 Å². The molecule has 0 fully saturated rings. The molecule has 0 bridgehead atoms. The number of pyridine rings is 1. The molecular weight excluding hydrogens is 164 g/mol. The van der Waals surface area contributed by atoms with Crippen molar-refractivity contribution >= 4 is 0 Å². The lowest BCUT2D eigenvalue weighted by Crippen LogP contribution is -2.25. The first kappa shape index (κ1) is 10.2. The van der Waals surface area contributed by atoms with Crippen LogP contribution >= 0.6 is 0 Å². The van der Waals surface area contributed by atoms with Gasteiger partial charge in [0.25, 0.3) is 0 Å². The van der Waals surface area contributed by atoms with Crippen LogP contribution in [0.5, 0.6) is 0 Å². The van der Waals surface area contributed by atoms with Crippen molar-refractivity contribution in [2.24, 2.45) is 5.73 Å². The monoisotopic (exact) mass is 180 g/mol. The van der Waals surface area contributed by atoms with Crippen LogP contribution in [-0.2, 0) is 0 Å². The lowest BCUT2D eigenvalue weighted by molar-refractivity contribution is 0.139. The Morgan fingerprint density at radius 3 is 2.77 bits per heavy atom. The van der Waals surface area contributed by atoms with E-state index in [2.05, 4.69) is 4.98 Å². The van der Waals surface area contributed by atoms with Crippen LogP contribution in [0.4, 0.5) is 0 Å². The minimum absolute atomic E-state index is 0.0359. The van der Waals surface area contributed by atoms with E-state index in [1.807, 2.05) is 25.1 Å². The van der Waals surface area contributed by atoms with E-state index in [1.54, 1.807) is 6.20 Å². The third-order valence-electron chi connectivity index (χ3n) is 2.20. The van der Waals surface area contributed by atoms with Crippen molar-refractivity contribution in [3.8, 4) is 0 Å². The van der Waals surface area contributed by atoms with E-state index in [0.29, 0.717) is 13.0 Å². The summed E-state index contributed by atoms with van der Waals surface area (Å²) in [5.41, 5.74) is 6.46. The minimum atomic E-state index is -0.389. The summed E-state index contributed by atoms with van der Waals surface area (Å²) in [5.74, 6) is -0.0359. The van der Waals surface area contributed by atoms with Gasteiger partial charge in [-0.25, -0.2) is 0 Å². The second kappa shape index (κ2) is 4.94. The zero-order valence-electron chi connectivity index (χ0n) is 7.85. The molecule has 1 aromatic rings. The molecule has 0 aliphatic rings. The summed E-state index contributed by atoms with van der Waals surface area (Å²) >= 11 is 0. The fraction of sp³-hybridized carbons (Fsp3) is 0.500. The maximum absolute atomic E-state index is 9.65. The zero-order chi connectivity index (χ0) is 9.68. The molecule has 2 atom stereocenters. The number of aromatic nitrogens is 1. The van der Waals surface area contributed by atoms with Gasteiger partial charge in [-0.15, -0.1) is 0 Å². The Hall–Kier alpha value is -0.930. The Kier molecular flexibility index (Phi) is 3.86. The summed E-state index contributed by atoms with van der Waals surface area (Å²) in [6.45, 7) is 2.38. The Labute approximate surface area is 78.6 Å². The molecule has 0 amide bonds. The van der Waals surface area contributed by atoms with E-state index >= 15 is 0 Å². The molecule has 2 unspecified atom stereocenters. The number of aliphatic hydroxyl groups excluding tert-OH is 1. The molecule has 1 rings (SSSR count). The fourth-order valence-corrected chi connectivity index (χ4v) is 1.35. The van der Waals surface area contributed by atoms with Crippen molar-refractivity contribution in [2.45, 2.75) is 25.4 Å². The number of hydrogen-bond acceptors (Lipinski definition) is 3. The first-order valence-electron chi connectivity index (χ1n) is 4.58. The van der Waals surface area contributed by atoms with Crippen LogP contribution in [0, 0.1) is 0 Å². The maximum atomic E-state index is 9.65. The standard InChI is InChI=1S/C10H16N2O/c1-2-10(13)8(7-11)9-5-3-4-6-12-9/h3-6,8,10,13H,2,7,11H2,1H3. The summed E-state index contributed by atoms with van der Waals surface area (Å²) in [6.07, 6.45) is 2.04. The number of rotatable bonds is 4. The van der Waals surface area contributed by atoms with Gasteiger partial charge in [0.1, 0.15) is 0 Å². The van der Waals surface area contributed by atoms with Gasteiger partial charge in [-0.2, -0.15) is 0 Å². The average molecular weight is 180 g/mol. The smallest absolute Gasteiger partial charge is 0.0633 e. The third-order valence-corrected chi connectivity index (χ3v) is 2.20. The Balaban J connectivity index is 2.78. The van der Waals surface area contributed by atoms with Crippen LogP contribution < -0.4 is 5.73 Å². The molecule has 72 valence electrons. The minimum Gasteiger partial charge on any atom is -0.392 e. The maximum Gasteiger partial charge on any atom is 0.0633 e. The summed E-state index contributed by atoms with van der Waals surface area (Å²) in [7, 11) is 0. The van der Waals surface area contributed by atoms with Crippen molar-refractivity contribution in [2.75, 3.05) is 6.54 Å². The lowest BCUT2D eigenvalue weighted by Gasteiger charge is -2.19. The second-order valence-corrected chi connectivity index (χ2v) is 3.07. The summed E-state index contributed by atoms with van der Waals surface area (Å²) in [5, 5.41) is 9.65. The van der Waals surface area contributed by atoms with Crippen LogP contribution in [0.25, 0.3) is 0 Å². The first-order valence-corrected chi connectivity index (χ1v) is 4.58. The Morgan fingerprint density at radius 2 is 2.31 bits per heavy atom. The second-order valence-electron chi connectivity index (χ2n) is 3.07. The van der Waals surface area contributed by atoms with Gasteiger partial charge < -0.3 is 10.8 Å². The highest BCUT2D eigenvalue weighted by Crippen LogP contribution is 2.17. The number of hydrogen-bond donors (Lipinski definition) is 2. The van der Waals surface area contributed by atoms with Crippen LogP contribution in [0.2, 0.25) is 0 Å². The third kappa shape index (κ3) is 2.50. The van der Waals surface area contributed by atoms with Gasteiger partial charge in [-0.3, -0.25) is 4.98 Å². The topological polar surface area (TPSA) is 59.1 Å². The molecule has 3 nitrogen and oxygen atoms in total. The molecule has 0 aromatic carbocycles. The quantitative estimate of drug-likeness (QED) is 0.723. The van der Waals surface area contributed by atoms with E-state index in [4.69, 9.17) is 5.73 Å². The average Bonchev–Trinajstić information content (AvgIpc) is 2.20. The Morgan fingerprint density at radius 1 is 1.54 bits per heavy atom. The van der Waals surface area contributed by atoms with Gasteiger partial charge in [-0.05, 0) is 18.6 Å². The summed E-state index contributed by atoms with van der Waals surface area (Å²) in [4.78, 5) is 4.18. The zero-order valence-corrected chi connectivity index (χ0v) is 7.85. The lowest BCUT2D eigenvalue weighted by atomic mass is 9.96. The first-order chi connectivity index (χ1) is 6.29. The van der Waals surface area contributed by atoms with Crippen molar-refractivity contribution in [3.63, 3.8) is 0 Å². The molecule has 1 aromatic heterocycles. The van der Waals surface area contributed by atoms with Crippen LogP contribution in [-0.4, -0.2) is 22.7 Å². The van der Waals surface area contributed by atoms with Crippen molar-refractivity contribution in [3.05, 3.63) is 30.1 Å².